The number of likely N-dealkylation sites (N-methyl/N-ethyl adjacent to an activating group) is 1. The molecule has 1 heterocycles. The summed E-state index contributed by atoms with van der Waals surface area (Å²) in [6.07, 6.45) is 5.16. The molecule has 1 saturated heterocycles. The van der Waals surface area contributed by atoms with Crippen LogP contribution in [0.25, 0.3) is 0 Å². The molecule has 2 atom stereocenters. The topological polar surface area (TPSA) is 55.6 Å². The SMILES string of the molecule is CN(C(=O)[C@@H]1CC[C@H](CN)O1)C1CCC1.Cl. The third kappa shape index (κ3) is 2.67. The third-order valence-corrected chi connectivity index (χ3v) is 3.62. The molecule has 0 aromatic heterocycles. The van der Waals surface area contributed by atoms with Gasteiger partial charge in [-0.2, -0.15) is 0 Å². The van der Waals surface area contributed by atoms with E-state index in [1.807, 2.05) is 11.9 Å². The highest BCUT2D eigenvalue weighted by molar-refractivity contribution is 5.85. The van der Waals surface area contributed by atoms with Crippen molar-refractivity contribution in [2.45, 2.75) is 50.4 Å². The van der Waals surface area contributed by atoms with E-state index in [4.69, 9.17) is 10.5 Å². The van der Waals surface area contributed by atoms with E-state index in [0.29, 0.717) is 12.6 Å². The summed E-state index contributed by atoms with van der Waals surface area (Å²) < 4.78 is 5.60. The number of amides is 1. The largest absolute Gasteiger partial charge is 0.364 e. The first-order chi connectivity index (χ1) is 7.22. The minimum absolute atomic E-state index is 0. The second kappa shape index (κ2) is 5.84. The highest BCUT2D eigenvalue weighted by atomic mass is 35.5. The highest BCUT2D eigenvalue weighted by Gasteiger charge is 2.35. The molecule has 1 saturated carbocycles. The quantitative estimate of drug-likeness (QED) is 0.808. The maximum absolute atomic E-state index is 12.0. The van der Waals surface area contributed by atoms with Crippen LogP contribution in [0.4, 0.5) is 0 Å². The van der Waals surface area contributed by atoms with Crippen molar-refractivity contribution in [3.63, 3.8) is 0 Å². The highest BCUT2D eigenvalue weighted by Crippen LogP contribution is 2.27. The summed E-state index contributed by atoms with van der Waals surface area (Å²) in [6.45, 7) is 0.525. The Morgan fingerprint density at radius 3 is 2.50 bits per heavy atom. The number of nitrogens with two attached hydrogens (primary N) is 1. The lowest BCUT2D eigenvalue weighted by Gasteiger charge is -2.36. The predicted molar refractivity (Wildman–Crippen MR) is 64.6 cm³/mol. The smallest absolute Gasteiger partial charge is 0.251 e. The van der Waals surface area contributed by atoms with Crippen molar-refractivity contribution in [3.8, 4) is 0 Å². The average molecular weight is 249 g/mol. The summed E-state index contributed by atoms with van der Waals surface area (Å²) in [7, 11) is 1.89. The van der Waals surface area contributed by atoms with Crippen LogP contribution in [0.15, 0.2) is 0 Å². The molecule has 2 aliphatic rings. The first-order valence-electron chi connectivity index (χ1n) is 5.84. The fourth-order valence-electron chi connectivity index (χ4n) is 2.24. The van der Waals surface area contributed by atoms with Gasteiger partial charge in [-0.1, -0.05) is 0 Å². The molecule has 1 aliphatic carbocycles. The summed E-state index contributed by atoms with van der Waals surface area (Å²) in [6, 6.07) is 0.457. The zero-order valence-corrected chi connectivity index (χ0v) is 10.5. The van der Waals surface area contributed by atoms with Crippen LogP contribution < -0.4 is 5.73 Å². The van der Waals surface area contributed by atoms with E-state index in [1.54, 1.807) is 0 Å². The van der Waals surface area contributed by atoms with Crippen molar-refractivity contribution in [1.82, 2.24) is 4.90 Å². The van der Waals surface area contributed by atoms with E-state index in [1.165, 1.54) is 6.42 Å². The zero-order chi connectivity index (χ0) is 10.8. The molecule has 16 heavy (non-hydrogen) atoms. The number of carbonyl (C=O) groups excluding carboxylic acids is 1. The second-order valence-corrected chi connectivity index (χ2v) is 4.59. The number of halogens is 1. The van der Waals surface area contributed by atoms with Gasteiger partial charge in [0.2, 0.25) is 0 Å². The number of ether oxygens (including phenoxy) is 1. The van der Waals surface area contributed by atoms with Crippen molar-refractivity contribution in [2.75, 3.05) is 13.6 Å². The van der Waals surface area contributed by atoms with Gasteiger partial charge in [-0.15, -0.1) is 12.4 Å². The van der Waals surface area contributed by atoms with Crippen LogP contribution >= 0.6 is 12.4 Å². The van der Waals surface area contributed by atoms with Gasteiger partial charge in [-0.05, 0) is 32.1 Å². The first kappa shape index (κ1) is 13.7. The summed E-state index contributed by atoms with van der Waals surface area (Å²) in [5.41, 5.74) is 5.52. The molecule has 0 aromatic carbocycles. The molecule has 94 valence electrons. The van der Waals surface area contributed by atoms with Crippen LogP contribution in [0, 0.1) is 0 Å². The Kier molecular flexibility index (Phi) is 5.02. The third-order valence-electron chi connectivity index (χ3n) is 3.62. The maximum atomic E-state index is 12.0. The van der Waals surface area contributed by atoms with E-state index in [2.05, 4.69) is 0 Å². The van der Waals surface area contributed by atoms with Crippen molar-refractivity contribution in [3.05, 3.63) is 0 Å². The van der Waals surface area contributed by atoms with Crippen molar-refractivity contribution < 1.29 is 9.53 Å². The summed E-state index contributed by atoms with van der Waals surface area (Å²) in [5.74, 6) is 0.149. The number of rotatable bonds is 3. The Labute approximate surface area is 103 Å². The lowest BCUT2D eigenvalue weighted by Crippen LogP contribution is -2.46. The summed E-state index contributed by atoms with van der Waals surface area (Å²) in [5, 5.41) is 0. The molecule has 0 spiro atoms. The van der Waals surface area contributed by atoms with Gasteiger partial charge in [-0.25, -0.2) is 0 Å². The molecule has 2 N–H and O–H groups in total. The van der Waals surface area contributed by atoms with Crippen LogP contribution in [0.1, 0.15) is 32.1 Å². The van der Waals surface area contributed by atoms with Gasteiger partial charge in [-0.3, -0.25) is 4.79 Å². The van der Waals surface area contributed by atoms with Crippen molar-refractivity contribution in [1.29, 1.82) is 0 Å². The molecule has 0 bridgehead atoms. The lowest BCUT2D eigenvalue weighted by molar-refractivity contribution is -0.145. The van der Waals surface area contributed by atoms with Gasteiger partial charge in [0, 0.05) is 19.6 Å². The van der Waals surface area contributed by atoms with E-state index in [0.717, 1.165) is 25.7 Å². The molecule has 2 fully saturated rings. The molecule has 1 aliphatic heterocycles. The predicted octanol–water partition coefficient (Wildman–Crippen LogP) is 0.925. The van der Waals surface area contributed by atoms with Gasteiger partial charge in [0.25, 0.3) is 5.91 Å². The Morgan fingerprint density at radius 1 is 1.38 bits per heavy atom. The molecular weight excluding hydrogens is 228 g/mol. The van der Waals surface area contributed by atoms with Gasteiger partial charge in [0.05, 0.1) is 6.10 Å². The second-order valence-electron chi connectivity index (χ2n) is 4.59. The fraction of sp³-hybridized carbons (Fsp3) is 0.909. The molecule has 1 amide bonds. The molecule has 2 rings (SSSR count). The standard InChI is InChI=1S/C11H20N2O2.ClH/c1-13(8-3-2-4-8)11(14)10-6-5-9(7-12)15-10;/h8-10H,2-7,12H2,1H3;1H/t9-,10+;/m1./s1. The average Bonchev–Trinajstić information content (AvgIpc) is 2.61. The summed E-state index contributed by atoms with van der Waals surface area (Å²) >= 11 is 0. The van der Waals surface area contributed by atoms with E-state index < -0.39 is 0 Å². The van der Waals surface area contributed by atoms with Gasteiger partial charge >= 0.3 is 0 Å². The van der Waals surface area contributed by atoms with Gasteiger partial charge in [0.1, 0.15) is 6.10 Å². The number of hydrogen-bond acceptors (Lipinski definition) is 3. The normalized spacial score (nSPS) is 29.4. The number of carbonyl (C=O) groups is 1. The molecule has 0 radical (unpaired) electrons. The van der Waals surface area contributed by atoms with Gasteiger partial charge in [0.15, 0.2) is 0 Å². The van der Waals surface area contributed by atoms with Crippen LogP contribution in [0.2, 0.25) is 0 Å². The zero-order valence-electron chi connectivity index (χ0n) is 9.72. The molecule has 5 heteroatoms. The Morgan fingerprint density at radius 2 is 2.06 bits per heavy atom. The fourth-order valence-corrected chi connectivity index (χ4v) is 2.24. The molecular formula is C11H21ClN2O2. The maximum Gasteiger partial charge on any atom is 0.251 e. The minimum Gasteiger partial charge on any atom is -0.364 e. The lowest BCUT2D eigenvalue weighted by atomic mass is 9.91. The number of hydrogen-bond donors (Lipinski definition) is 1. The Bertz CT molecular complexity index is 246. The Balaban J connectivity index is 0.00000128. The van der Waals surface area contributed by atoms with Gasteiger partial charge < -0.3 is 15.4 Å². The van der Waals surface area contributed by atoms with Crippen LogP contribution in [0.5, 0.6) is 0 Å². The van der Waals surface area contributed by atoms with Crippen LogP contribution in [-0.4, -0.2) is 42.6 Å². The minimum atomic E-state index is -0.232. The Hall–Kier alpha value is -0.320. The first-order valence-corrected chi connectivity index (χ1v) is 5.84. The monoisotopic (exact) mass is 248 g/mol. The summed E-state index contributed by atoms with van der Waals surface area (Å²) in [4.78, 5) is 13.9. The molecule has 0 aromatic rings. The molecule has 0 unspecified atom stereocenters. The van der Waals surface area contributed by atoms with E-state index in [9.17, 15) is 4.79 Å². The molecule has 4 nitrogen and oxygen atoms in total. The number of nitrogens with zero attached hydrogens (tertiary/aromatic N) is 1. The van der Waals surface area contributed by atoms with E-state index >= 15 is 0 Å². The van der Waals surface area contributed by atoms with E-state index in [-0.39, 0.29) is 30.5 Å². The van der Waals surface area contributed by atoms with Crippen molar-refractivity contribution >= 4 is 18.3 Å². The van der Waals surface area contributed by atoms with Crippen LogP contribution in [-0.2, 0) is 9.53 Å². The van der Waals surface area contributed by atoms with Crippen molar-refractivity contribution in [2.24, 2.45) is 5.73 Å². The van der Waals surface area contributed by atoms with Crippen LogP contribution in [0.3, 0.4) is 0 Å².